The normalized spacial score (nSPS) is 12.5. The van der Waals surface area contributed by atoms with Gasteiger partial charge in [0.05, 0.1) is 50.1 Å². The Labute approximate surface area is 167 Å². The second kappa shape index (κ2) is 7.29. The van der Waals surface area contributed by atoms with Crippen molar-refractivity contribution in [1.29, 1.82) is 0 Å². The van der Waals surface area contributed by atoms with Crippen LogP contribution in [0.2, 0.25) is 0 Å². The lowest BCUT2D eigenvalue weighted by Crippen LogP contribution is -2.05. The van der Waals surface area contributed by atoms with Gasteiger partial charge in [-0.05, 0) is 60.7 Å². The van der Waals surface area contributed by atoms with E-state index in [1.54, 1.807) is 42.5 Å². The molecule has 29 heavy (non-hydrogen) atoms. The highest BCUT2D eigenvalue weighted by molar-refractivity contribution is 7.21. The van der Waals surface area contributed by atoms with Crippen LogP contribution in [0, 0.1) is 0 Å². The summed E-state index contributed by atoms with van der Waals surface area (Å²) in [7, 11) is 1.31. The van der Waals surface area contributed by atoms with E-state index in [1.807, 2.05) is 0 Å². The Kier molecular flexibility index (Phi) is 4.79. The molecule has 0 amide bonds. The molecule has 0 saturated heterocycles. The molecule has 1 aliphatic carbocycles. The molecule has 8 heteroatoms. The van der Waals surface area contributed by atoms with Gasteiger partial charge in [0, 0.05) is 0 Å². The maximum Gasteiger partial charge on any atom is 0.416 e. The van der Waals surface area contributed by atoms with Crippen LogP contribution < -0.4 is 5.36 Å². The molecule has 1 aliphatic heterocycles. The monoisotopic (exact) mass is 414 g/mol. The molecule has 0 bridgehead atoms. The largest absolute Gasteiger partial charge is 0.465 e. The molecule has 0 unspecified atom stereocenters. The Balaban J connectivity index is 1.76. The van der Waals surface area contributed by atoms with E-state index in [1.165, 1.54) is 24.5 Å². The van der Waals surface area contributed by atoms with E-state index in [-0.39, 0.29) is 0 Å². The summed E-state index contributed by atoms with van der Waals surface area (Å²) in [6, 6.07) is 15.5. The highest BCUT2D eigenvalue weighted by Crippen LogP contribution is 2.35. The molecule has 2 aromatic carbocycles. The standard InChI is InChI=1S/C21H13F3N2O2S/c1-28-20(27)12-2-5-14(6-3-12)25-15-7-9-17-19(11-15)29-18-10-13(21(22,23)24)4-8-16(18)26-17/h2-11H,1H3. The molecule has 0 atom stereocenters. The molecular weight excluding hydrogens is 401 g/mol. The topological polar surface area (TPSA) is 51.5 Å². The minimum absolute atomic E-state index is 0.420. The summed E-state index contributed by atoms with van der Waals surface area (Å²) in [6.45, 7) is 0. The minimum Gasteiger partial charge on any atom is -0.465 e. The Morgan fingerprint density at radius 3 is 2.48 bits per heavy atom. The van der Waals surface area contributed by atoms with Crippen LogP contribution in [-0.4, -0.2) is 18.1 Å². The van der Waals surface area contributed by atoms with Gasteiger partial charge in [0.15, 0.2) is 0 Å². The highest BCUT2D eigenvalue weighted by Gasteiger charge is 2.30. The van der Waals surface area contributed by atoms with E-state index in [2.05, 4.69) is 14.7 Å². The van der Waals surface area contributed by atoms with Gasteiger partial charge >= 0.3 is 12.1 Å². The minimum atomic E-state index is -4.40. The molecule has 0 N–H and O–H groups in total. The first-order valence-electron chi connectivity index (χ1n) is 8.48. The molecule has 2 aliphatic rings. The molecule has 4 rings (SSSR count). The average Bonchev–Trinajstić information content (AvgIpc) is 2.71. The fraction of sp³-hybridized carbons (Fsp3) is 0.0952. The van der Waals surface area contributed by atoms with Crippen molar-refractivity contribution in [3.05, 3.63) is 77.1 Å². The quantitative estimate of drug-likeness (QED) is 0.324. The number of nitrogens with zero attached hydrogens (tertiary/aromatic N) is 2. The predicted molar refractivity (Wildman–Crippen MR) is 104 cm³/mol. The van der Waals surface area contributed by atoms with Gasteiger partial charge in [0.25, 0.3) is 0 Å². The molecular formula is C21H13F3N2O2S. The predicted octanol–water partition coefficient (Wildman–Crippen LogP) is 5.44. The summed E-state index contributed by atoms with van der Waals surface area (Å²) < 4.78 is 44.0. The molecule has 0 saturated carbocycles. The van der Waals surface area contributed by atoms with Crippen molar-refractivity contribution < 1.29 is 22.7 Å². The van der Waals surface area contributed by atoms with Crippen molar-refractivity contribution in [1.82, 2.24) is 4.98 Å². The van der Waals surface area contributed by atoms with Crippen molar-refractivity contribution in [2.45, 2.75) is 6.18 Å². The Morgan fingerprint density at radius 1 is 1.03 bits per heavy atom. The summed E-state index contributed by atoms with van der Waals surface area (Å²) in [4.78, 5) is 21.2. The van der Waals surface area contributed by atoms with Gasteiger partial charge in [-0.25, -0.2) is 14.8 Å². The van der Waals surface area contributed by atoms with Crippen molar-refractivity contribution >= 4 is 33.2 Å². The molecule has 0 fully saturated rings. The third-order valence-corrected chi connectivity index (χ3v) is 5.33. The summed E-state index contributed by atoms with van der Waals surface area (Å²) in [5.41, 5.74) is 1.55. The number of carbonyl (C=O) groups excluding carboxylic acids is 1. The molecule has 0 spiro atoms. The molecule has 1 heterocycles. The van der Waals surface area contributed by atoms with Crippen LogP contribution in [0.25, 0.3) is 20.8 Å². The number of alkyl halides is 3. The molecule has 0 aromatic heterocycles. The second-order valence-corrected chi connectivity index (χ2v) is 7.28. The molecule has 146 valence electrons. The number of carbonyl (C=O) groups is 1. The fourth-order valence-electron chi connectivity index (χ4n) is 2.80. The maximum absolute atomic E-state index is 13.0. The molecule has 4 nitrogen and oxygen atoms in total. The van der Waals surface area contributed by atoms with E-state index in [0.717, 1.165) is 17.0 Å². The van der Waals surface area contributed by atoms with Gasteiger partial charge in [-0.2, -0.15) is 13.2 Å². The van der Waals surface area contributed by atoms with Gasteiger partial charge in [-0.1, -0.05) is 0 Å². The van der Waals surface area contributed by atoms with Crippen LogP contribution in [0.1, 0.15) is 15.9 Å². The van der Waals surface area contributed by atoms with Crippen LogP contribution in [0.3, 0.4) is 0 Å². The number of halogens is 3. The van der Waals surface area contributed by atoms with Crippen LogP contribution in [0.15, 0.2) is 65.7 Å². The van der Waals surface area contributed by atoms with Gasteiger partial charge in [0.2, 0.25) is 0 Å². The SMILES string of the molecule is COC(=O)c1ccc(N=c2ccc3nc4ccc(C(F)(F)F)cc4sc-3c2)cc1. The van der Waals surface area contributed by atoms with Crippen LogP contribution in [-0.2, 0) is 10.9 Å². The van der Waals surface area contributed by atoms with Gasteiger partial charge in [-0.3, -0.25) is 0 Å². The number of fused-ring (bicyclic) bond motifs is 2. The van der Waals surface area contributed by atoms with Crippen LogP contribution in [0.5, 0.6) is 0 Å². The summed E-state index contributed by atoms with van der Waals surface area (Å²) >= 11 is 1.23. The Hall–Kier alpha value is -3.26. The number of hydrogen-bond acceptors (Lipinski definition) is 5. The van der Waals surface area contributed by atoms with Gasteiger partial charge in [0.1, 0.15) is 0 Å². The van der Waals surface area contributed by atoms with Gasteiger partial charge < -0.3 is 4.74 Å². The lowest BCUT2D eigenvalue weighted by Gasteiger charge is -2.09. The van der Waals surface area contributed by atoms with E-state index < -0.39 is 17.7 Å². The fourth-order valence-corrected chi connectivity index (χ4v) is 3.84. The number of aromatic nitrogens is 1. The van der Waals surface area contributed by atoms with Crippen molar-refractivity contribution in [3.8, 4) is 10.6 Å². The zero-order chi connectivity index (χ0) is 20.6. The smallest absolute Gasteiger partial charge is 0.416 e. The van der Waals surface area contributed by atoms with E-state index >= 15 is 0 Å². The van der Waals surface area contributed by atoms with Crippen molar-refractivity contribution in [3.63, 3.8) is 0 Å². The summed E-state index contributed by atoms with van der Waals surface area (Å²) in [5, 5.41) is 0.632. The number of methoxy groups -OCH3 is 1. The van der Waals surface area contributed by atoms with Crippen LogP contribution in [0.4, 0.5) is 18.9 Å². The first-order valence-corrected chi connectivity index (χ1v) is 9.30. The summed E-state index contributed by atoms with van der Waals surface area (Å²) in [6.07, 6.45) is -4.40. The zero-order valence-electron chi connectivity index (χ0n) is 15.0. The number of rotatable bonds is 2. The second-order valence-electron chi connectivity index (χ2n) is 6.20. The Morgan fingerprint density at radius 2 is 1.79 bits per heavy atom. The van der Waals surface area contributed by atoms with Gasteiger partial charge in [-0.15, -0.1) is 11.3 Å². The first kappa shape index (κ1) is 19.1. The van der Waals surface area contributed by atoms with Crippen molar-refractivity contribution in [2.24, 2.45) is 4.99 Å². The average molecular weight is 414 g/mol. The molecule has 2 aromatic rings. The number of esters is 1. The highest BCUT2D eigenvalue weighted by atomic mass is 32.1. The third kappa shape index (κ3) is 3.97. The zero-order valence-corrected chi connectivity index (χ0v) is 15.8. The van der Waals surface area contributed by atoms with E-state index in [4.69, 9.17) is 0 Å². The molecule has 0 radical (unpaired) electrons. The van der Waals surface area contributed by atoms with E-state index in [9.17, 15) is 18.0 Å². The van der Waals surface area contributed by atoms with Crippen LogP contribution >= 0.6 is 11.3 Å². The Bertz CT molecular complexity index is 1250. The lowest BCUT2D eigenvalue weighted by molar-refractivity contribution is -0.137. The summed E-state index contributed by atoms with van der Waals surface area (Å²) in [5.74, 6) is -0.430. The number of ether oxygens (including phenoxy) is 1. The van der Waals surface area contributed by atoms with Crippen molar-refractivity contribution in [2.75, 3.05) is 7.11 Å². The van der Waals surface area contributed by atoms with E-state index in [0.29, 0.717) is 32.5 Å². The maximum atomic E-state index is 13.0. The first-order chi connectivity index (χ1) is 13.8. The number of benzene rings is 3. The lowest BCUT2D eigenvalue weighted by atomic mass is 10.2. The number of hydrogen-bond donors (Lipinski definition) is 0. The third-order valence-electron chi connectivity index (χ3n) is 4.24.